The SMILES string of the molecule is COc1cc(N=Nc2cc(SOOO)ccc2O)c(O)cc1N=[N+](O)c1ccc(/C=C/c2ccc([N+](O)=Nc3cc(O)c(N=Nc4cc(S(=O)(=O)O)ccc4O)cc3OC)cc2SOOO)c(S(=O)(=O)O)c1. The predicted molar refractivity (Wildman–Crippen MR) is 244 cm³/mol. The highest BCUT2D eigenvalue weighted by Crippen LogP contribution is 2.43. The number of hydrogen-bond acceptors (Lipinski definition) is 24. The molecule has 376 valence electrons. The second-order valence-electron chi connectivity index (χ2n) is 13.7. The summed E-state index contributed by atoms with van der Waals surface area (Å²) in [5.74, 6) is -2.06. The smallest absolute Gasteiger partial charge is 0.295 e. The van der Waals surface area contributed by atoms with E-state index in [-0.39, 0.29) is 83.6 Å². The van der Waals surface area contributed by atoms with Gasteiger partial charge in [-0.05, 0) is 59.7 Å². The first-order valence-corrected chi connectivity index (χ1v) is 23.5. The second kappa shape index (κ2) is 23.4. The van der Waals surface area contributed by atoms with Gasteiger partial charge in [0.25, 0.3) is 31.6 Å². The molecule has 0 aliphatic heterocycles. The number of ether oxygens (including phenoxy) is 2. The molecule has 0 heterocycles. The zero-order valence-corrected chi connectivity index (χ0v) is 39.4. The fraction of sp³-hybridized carbons (Fsp3) is 0.0500. The lowest BCUT2D eigenvalue weighted by Gasteiger charge is -2.07. The topological polar surface area (TPSA) is 406 Å². The summed E-state index contributed by atoms with van der Waals surface area (Å²) in [5.41, 5.74) is -1.51. The number of azo groups is 4. The number of hydrogen-bond donors (Lipinski definition) is 10. The molecule has 0 radical (unpaired) electrons. The Labute approximate surface area is 412 Å². The molecule has 0 amide bonds. The van der Waals surface area contributed by atoms with Crippen LogP contribution >= 0.6 is 24.1 Å². The highest BCUT2D eigenvalue weighted by molar-refractivity contribution is 7.94. The van der Waals surface area contributed by atoms with E-state index in [1.807, 2.05) is 0 Å². The molecule has 0 saturated carbocycles. The first-order valence-electron chi connectivity index (χ1n) is 19.2. The lowest BCUT2D eigenvalue weighted by molar-refractivity contribution is -0.761. The third-order valence-electron chi connectivity index (χ3n) is 9.17. The highest BCUT2D eigenvalue weighted by Gasteiger charge is 2.24. The van der Waals surface area contributed by atoms with Crippen molar-refractivity contribution in [2.45, 2.75) is 19.6 Å². The van der Waals surface area contributed by atoms with Crippen molar-refractivity contribution < 1.29 is 105 Å². The molecule has 0 aliphatic carbocycles. The van der Waals surface area contributed by atoms with Gasteiger partial charge in [-0.15, -0.1) is 29.1 Å². The zero-order valence-electron chi connectivity index (χ0n) is 36.2. The summed E-state index contributed by atoms with van der Waals surface area (Å²) in [4.78, 5) is -0.275. The summed E-state index contributed by atoms with van der Waals surface area (Å²) in [7, 11) is -7.21. The van der Waals surface area contributed by atoms with Crippen LogP contribution in [0.15, 0.2) is 147 Å². The summed E-state index contributed by atoms with van der Waals surface area (Å²) in [6.07, 6.45) is 2.58. The minimum atomic E-state index is -5.01. The Morgan fingerprint density at radius 2 is 0.986 bits per heavy atom. The molecule has 72 heavy (non-hydrogen) atoms. The third-order valence-corrected chi connectivity index (χ3v) is 12.2. The molecule has 32 heteroatoms. The number of methoxy groups -OCH3 is 2. The van der Waals surface area contributed by atoms with Crippen LogP contribution in [0.25, 0.3) is 12.2 Å². The summed E-state index contributed by atoms with van der Waals surface area (Å²) in [5, 5.41) is 112. The van der Waals surface area contributed by atoms with E-state index in [1.165, 1.54) is 81.0 Å². The van der Waals surface area contributed by atoms with E-state index in [2.05, 4.69) is 49.4 Å². The van der Waals surface area contributed by atoms with E-state index in [0.29, 0.717) is 33.8 Å². The normalized spacial score (nSPS) is 12.6. The van der Waals surface area contributed by atoms with Crippen molar-refractivity contribution in [2.24, 2.45) is 30.7 Å². The molecule has 28 nitrogen and oxygen atoms in total. The van der Waals surface area contributed by atoms with Crippen molar-refractivity contribution in [3.8, 4) is 34.5 Å². The minimum Gasteiger partial charge on any atom is -0.506 e. The van der Waals surface area contributed by atoms with E-state index in [0.717, 1.165) is 42.5 Å². The molecule has 0 saturated heterocycles. The number of benzene rings is 6. The summed E-state index contributed by atoms with van der Waals surface area (Å²) in [6, 6.07) is 18.3. The van der Waals surface area contributed by atoms with Gasteiger partial charge in [0.2, 0.25) is 0 Å². The van der Waals surface area contributed by atoms with Crippen molar-refractivity contribution in [1.82, 2.24) is 0 Å². The van der Waals surface area contributed by atoms with Gasteiger partial charge in [-0.25, -0.2) is 10.5 Å². The molecular weight excluding hydrogens is 1040 g/mol. The van der Waals surface area contributed by atoms with Crippen LogP contribution in [0.3, 0.4) is 0 Å². The van der Waals surface area contributed by atoms with Gasteiger partial charge in [0, 0.05) is 53.4 Å². The lowest BCUT2D eigenvalue weighted by atomic mass is 10.1. The van der Waals surface area contributed by atoms with Crippen LogP contribution in [0.1, 0.15) is 11.1 Å². The zero-order chi connectivity index (χ0) is 52.3. The van der Waals surface area contributed by atoms with Crippen molar-refractivity contribution in [1.29, 1.82) is 0 Å². The van der Waals surface area contributed by atoms with Crippen molar-refractivity contribution in [3.05, 3.63) is 108 Å². The summed E-state index contributed by atoms with van der Waals surface area (Å²) < 4.78 is 87.4. The first kappa shape index (κ1) is 53.5. The Bertz CT molecular complexity index is 3410. The molecule has 0 unspecified atom stereocenters. The standard InChI is InChI=1S/C40H32N8O20S4/c1-63-37-20-30(44-42-28-16-26(71(57,58)59)10-12-34(28)50)36(52)17-31(37)45-47(53)23-7-5-21(39(13-23)70-68-66-56)3-4-22-6-8-24(14-40(22)72(60,61)62)48(54)46-32-18-35(51)29(19-38(32)64-2)43-41-27-15-25(69-67-65-55)9-11-33(27)49/h3-20,53-54H,1-2H3,(H6,45,46,51,52,55,56,57,58,59,60,61,62)/p+2/b4-3+. The molecule has 0 aliphatic rings. The number of rotatable bonds is 20. The van der Waals surface area contributed by atoms with Crippen LogP contribution < -0.4 is 9.47 Å². The molecule has 6 rings (SSSR count). The molecule has 6 aromatic rings. The molecule has 0 spiro atoms. The molecule has 0 aromatic heterocycles. The number of nitrogens with zero attached hydrogens (tertiary/aromatic N) is 8. The largest absolute Gasteiger partial charge is 0.506 e. The van der Waals surface area contributed by atoms with Gasteiger partial charge in [0.05, 0.1) is 58.3 Å². The van der Waals surface area contributed by atoms with E-state index in [1.54, 1.807) is 0 Å². The maximum Gasteiger partial charge on any atom is 0.295 e. The Morgan fingerprint density at radius 3 is 1.50 bits per heavy atom. The summed E-state index contributed by atoms with van der Waals surface area (Å²) in [6.45, 7) is 0. The average Bonchev–Trinajstić information content (AvgIpc) is 3.34. The van der Waals surface area contributed by atoms with Gasteiger partial charge >= 0.3 is 0 Å². The van der Waals surface area contributed by atoms with Gasteiger partial charge < -0.3 is 29.9 Å². The van der Waals surface area contributed by atoms with Crippen LogP contribution in [0, 0.1) is 0 Å². The highest BCUT2D eigenvalue weighted by atomic mass is 32.2. The Kier molecular flexibility index (Phi) is 17.4. The second-order valence-corrected chi connectivity index (χ2v) is 18.0. The molecule has 0 bridgehead atoms. The minimum absolute atomic E-state index is 0.0699. The van der Waals surface area contributed by atoms with Crippen LogP contribution in [0.4, 0.5) is 45.5 Å². The van der Waals surface area contributed by atoms with E-state index < -0.39 is 47.3 Å². The van der Waals surface area contributed by atoms with Gasteiger partial charge in [-0.2, -0.15) is 16.8 Å². The predicted octanol–water partition coefficient (Wildman–Crippen LogP) is 10.5. The van der Waals surface area contributed by atoms with Gasteiger partial charge in [0.15, 0.2) is 22.9 Å². The average molecular weight is 1080 g/mol. The van der Waals surface area contributed by atoms with Crippen molar-refractivity contribution in [3.63, 3.8) is 0 Å². The lowest BCUT2D eigenvalue weighted by Crippen LogP contribution is -2.03. The van der Waals surface area contributed by atoms with E-state index >= 15 is 0 Å². The number of phenols is 4. The van der Waals surface area contributed by atoms with Crippen LogP contribution in [-0.2, 0) is 39.0 Å². The molecule has 0 atom stereocenters. The van der Waals surface area contributed by atoms with Gasteiger partial charge in [0.1, 0.15) is 60.4 Å². The van der Waals surface area contributed by atoms with Crippen LogP contribution in [0.2, 0.25) is 0 Å². The van der Waals surface area contributed by atoms with Crippen LogP contribution in [0.5, 0.6) is 34.5 Å². The fourth-order valence-electron chi connectivity index (χ4n) is 5.80. The maximum absolute atomic E-state index is 12.6. The Morgan fingerprint density at radius 1 is 0.514 bits per heavy atom. The quantitative estimate of drug-likeness (QED) is 0.00646. The number of phenolic OH excluding ortho intramolecular Hbond substituents is 4. The summed E-state index contributed by atoms with van der Waals surface area (Å²) >= 11 is 1.02. The van der Waals surface area contributed by atoms with Crippen LogP contribution in [-0.4, -0.2) is 91.2 Å². The van der Waals surface area contributed by atoms with Gasteiger partial charge in [-0.1, -0.05) is 22.2 Å². The Hall–Kier alpha value is -7.86. The number of aromatic hydroxyl groups is 4. The van der Waals surface area contributed by atoms with Crippen molar-refractivity contribution >= 4 is 102 Å². The first-order chi connectivity index (χ1) is 34.2. The van der Waals surface area contributed by atoms with Crippen molar-refractivity contribution in [2.75, 3.05) is 14.2 Å². The van der Waals surface area contributed by atoms with Gasteiger partial charge in [-0.3, -0.25) is 19.5 Å². The molecule has 6 aromatic carbocycles. The molecule has 0 fully saturated rings. The Balaban J connectivity index is 1.26. The van der Waals surface area contributed by atoms with E-state index in [4.69, 9.17) is 20.0 Å². The molecular formula is C40H34N8O20S4+2. The fourth-order valence-corrected chi connectivity index (χ4v) is 7.90. The monoisotopic (exact) mass is 1070 g/mol. The third kappa shape index (κ3) is 13.5. The van der Waals surface area contributed by atoms with E-state index in [9.17, 15) is 56.8 Å². The maximum atomic E-state index is 12.6. The molecule has 10 N–H and O–H groups in total.